The molecule has 4 N–H and O–H groups in total. The number of aromatic hydroxyl groups is 2. The monoisotopic (exact) mass is 329 g/mol. The SMILES string of the molecule is O=C(O)[C@H](Cc1ccc(O)c(O)c1)NS(=O)(=O)C(F)(F)F. The lowest BCUT2D eigenvalue weighted by atomic mass is 10.1. The highest BCUT2D eigenvalue weighted by Gasteiger charge is 2.47. The van der Waals surface area contributed by atoms with E-state index in [9.17, 15) is 31.5 Å². The fraction of sp³-hybridized carbons (Fsp3) is 0.300. The van der Waals surface area contributed by atoms with Gasteiger partial charge in [0, 0.05) is 0 Å². The zero-order valence-corrected chi connectivity index (χ0v) is 10.9. The molecule has 0 aliphatic rings. The van der Waals surface area contributed by atoms with Gasteiger partial charge in [0.05, 0.1) is 0 Å². The van der Waals surface area contributed by atoms with Gasteiger partial charge in [-0.3, -0.25) is 4.79 Å². The van der Waals surface area contributed by atoms with E-state index in [2.05, 4.69) is 0 Å². The molecule has 0 fully saturated rings. The van der Waals surface area contributed by atoms with Gasteiger partial charge < -0.3 is 15.3 Å². The molecule has 1 aromatic rings. The first-order valence-electron chi connectivity index (χ1n) is 5.26. The predicted molar refractivity (Wildman–Crippen MR) is 63.0 cm³/mol. The number of benzene rings is 1. The molecule has 1 rings (SSSR count). The van der Waals surface area contributed by atoms with Gasteiger partial charge in [-0.2, -0.15) is 17.9 Å². The third kappa shape index (κ3) is 4.23. The van der Waals surface area contributed by atoms with E-state index in [-0.39, 0.29) is 5.56 Å². The Bertz CT molecular complexity index is 643. The van der Waals surface area contributed by atoms with Crippen LogP contribution in [0.4, 0.5) is 13.2 Å². The summed E-state index contributed by atoms with van der Waals surface area (Å²) in [6.45, 7) is 0. The predicted octanol–water partition coefficient (Wildman–Crippen LogP) is 0.533. The van der Waals surface area contributed by atoms with Gasteiger partial charge in [-0.1, -0.05) is 6.07 Å². The lowest BCUT2D eigenvalue weighted by Crippen LogP contribution is -2.47. The summed E-state index contributed by atoms with van der Waals surface area (Å²) in [5.41, 5.74) is -5.62. The molecular formula is C10H10F3NO6S. The molecule has 0 heterocycles. The van der Waals surface area contributed by atoms with Crippen LogP contribution < -0.4 is 4.72 Å². The number of carboxylic acid groups (broad SMARTS) is 1. The fourth-order valence-corrected chi connectivity index (χ4v) is 2.06. The summed E-state index contributed by atoms with van der Waals surface area (Å²) in [7, 11) is -5.82. The van der Waals surface area contributed by atoms with E-state index in [0.717, 1.165) is 22.9 Å². The molecule has 0 radical (unpaired) electrons. The molecule has 118 valence electrons. The minimum Gasteiger partial charge on any atom is -0.504 e. The quantitative estimate of drug-likeness (QED) is 0.584. The van der Waals surface area contributed by atoms with Crippen molar-refractivity contribution in [2.45, 2.75) is 18.0 Å². The Balaban J connectivity index is 2.99. The van der Waals surface area contributed by atoms with E-state index in [4.69, 9.17) is 10.2 Å². The molecule has 0 amide bonds. The first-order chi connectivity index (χ1) is 9.44. The number of aliphatic carboxylic acids is 1. The summed E-state index contributed by atoms with van der Waals surface area (Å²) in [5, 5.41) is 27.0. The van der Waals surface area contributed by atoms with Crippen LogP contribution in [0.3, 0.4) is 0 Å². The number of hydrogen-bond acceptors (Lipinski definition) is 5. The number of carboxylic acids is 1. The summed E-state index contributed by atoms with van der Waals surface area (Å²) in [6, 6.07) is 0.947. The number of sulfonamides is 1. The van der Waals surface area contributed by atoms with Gasteiger partial charge in [0.15, 0.2) is 11.5 Å². The Hall–Kier alpha value is -2.01. The molecule has 0 saturated carbocycles. The van der Waals surface area contributed by atoms with Gasteiger partial charge in [0.1, 0.15) is 6.04 Å². The minimum absolute atomic E-state index is 0.0163. The average molecular weight is 329 g/mol. The number of halogens is 3. The highest BCUT2D eigenvalue weighted by atomic mass is 32.2. The van der Waals surface area contributed by atoms with Gasteiger partial charge >= 0.3 is 21.5 Å². The third-order valence-electron chi connectivity index (χ3n) is 2.38. The number of rotatable bonds is 5. The van der Waals surface area contributed by atoms with E-state index in [1.165, 1.54) is 0 Å². The number of hydrogen-bond donors (Lipinski definition) is 4. The molecule has 1 atom stereocenters. The maximum Gasteiger partial charge on any atom is 0.511 e. The fourth-order valence-electron chi connectivity index (χ4n) is 1.37. The Morgan fingerprint density at radius 1 is 1.24 bits per heavy atom. The van der Waals surface area contributed by atoms with Crippen molar-refractivity contribution in [3.05, 3.63) is 23.8 Å². The number of phenols is 2. The van der Waals surface area contributed by atoms with Crippen LogP contribution in [-0.4, -0.2) is 41.3 Å². The van der Waals surface area contributed by atoms with Gasteiger partial charge in [0.2, 0.25) is 0 Å². The third-order valence-corrected chi connectivity index (χ3v) is 3.58. The van der Waals surface area contributed by atoms with Crippen LogP contribution in [0.15, 0.2) is 18.2 Å². The van der Waals surface area contributed by atoms with E-state index >= 15 is 0 Å². The summed E-state index contributed by atoms with van der Waals surface area (Å²) in [6.07, 6.45) is -0.654. The summed E-state index contributed by atoms with van der Waals surface area (Å²) in [4.78, 5) is 10.9. The van der Waals surface area contributed by atoms with Crippen molar-refractivity contribution in [1.29, 1.82) is 0 Å². The first-order valence-corrected chi connectivity index (χ1v) is 6.74. The lowest BCUT2D eigenvalue weighted by molar-refractivity contribution is -0.139. The lowest BCUT2D eigenvalue weighted by Gasteiger charge is -2.16. The molecule has 21 heavy (non-hydrogen) atoms. The van der Waals surface area contributed by atoms with E-state index in [1.807, 2.05) is 0 Å². The van der Waals surface area contributed by atoms with Gasteiger partial charge in [-0.05, 0) is 24.1 Å². The highest BCUT2D eigenvalue weighted by Crippen LogP contribution is 2.26. The highest BCUT2D eigenvalue weighted by molar-refractivity contribution is 7.90. The molecule has 0 aliphatic heterocycles. The number of carbonyl (C=O) groups is 1. The molecular weight excluding hydrogens is 319 g/mol. The minimum atomic E-state index is -5.82. The maximum atomic E-state index is 12.2. The molecule has 0 spiro atoms. The van der Waals surface area contributed by atoms with Crippen molar-refractivity contribution >= 4 is 16.0 Å². The first kappa shape index (κ1) is 17.0. The Morgan fingerprint density at radius 2 is 1.81 bits per heavy atom. The molecule has 11 heteroatoms. The van der Waals surface area contributed by atoms with Crippen LogP contribution >= 0.6 is 0 Å². The molecule has 0 aromatic heterocycles. The molecule has 0 unspecified atom stereocenters. The number of nitrogens with one attached hydrogen (secondary N) is 1. The van der Waals surface area contributed by atoms with Crippen molar-refractivity contribution in [2.75, 3.05) is 0 Å². The van der Waals surface area contributed by atoms with Crippen molar-refractivity contribution in [2.24, 2.45) is 0 Å². The van der Waals surface area contributed by atoms with E-state index in [0.29, 0.717) is 0 Å². The summed E-state index contributed by atoms with van der Waals surface area (Å²) < 4.78 is 59.4. The zero-order valence-electron chi connectivity index (χ0n) is 10.1. The van der Waals surface area contributed by atoms with Crippen LogP contribution in [0.25, 0.3) is 0 Å². The van der Waals surface area contributed by atoms with Crippen LogP contribution in [0.5, 0.6) is 11.5 Å². The average Bonchev–Trinajstić information content (AvgIpc) is 2.31. The van der Waals surface area contributed by atoms with Crippen molar-refractivity contribution in [3.63, 3.8) is 0 Å². The van der Waals surface area contributed by atoms with E-state index in [1.54, 1.807) is 0 Å². The van der Waals surface area contributed by atoms with Crippen molar-refractivity contribution in [1.82, 2.24) is 4.72 Å². The zero-order chi connectivity index (χ0) is 16.4. The number of phenolic OH excluding ortho intramolecular Hbond substituents is 2. The topological polar surface area (TPSA) is 124 Å². The van der Waals surface area contributed by atoms with Gasteiger partial charge in [0.25, 0.3) is 0 Å². The molecule has 1 aromatic carbocycles. The van der Waals surface area contributed by atoms with Crippen LogP contribution in [0.1, 0.15) is 5.56 Å². The van der Waals surface area contributed by atoms with Crippen molar-refractivity contribution in [3.8, 4) is 11.5 Å². The largest absolute Gasteiger partial charge is 0.511 e. The van der Waals surface area contributed by atoms with Crippen LogP contribution in [-0.2, 0) is 21.2 Å². The van der Waals surface area contributed by atoms with Crippen molar-refractivity contribution < 1.29 is 41.7 Å². The Kier molecular flexibility index (Phi) is 4.69. The standard InChI is InChI=1S/C10H10F3NO6S/c11-10(12,13)21(19,20)14-6(9(17)18)3-5-1-2-7(15)8(16)4-5/h1-2,4,6,14-16H,3H2,(H,17,18)/t6-/m0/s1. The smallest absolute Gasteiger partial charge is 0.504 e. The Morgan fingerprint density at radius 3 is 2.24 bits per heavy atom. The van der Waals surface area contributed by atoms with E-state index < -0.39 is 45.5 Å². The summed E-state index contributed by atoms with van der Waals surface area (Å²) >= 11 is 0. The molecule has 0 aliphatic carbocycles. The van der Waals surface area contributed by atoms with Gasteiger partial charge in [-0.25, -0.2) is 8.42 Å². The second-order valence-electron chi connectivity index (χ2n) is 3.99. The maximum absolute atomic E-state index is 12.2. The number of alkyl halides is 3. The van der Waals surface area contributed by atoms with Crippen LogP contribution in [0, 0.1) is 0 Å². The summed E-state index contributed by atoms with van der Waals surface area (Å²) in [5.74, 6) is -2.95. The Labute approximate surface area is 116 Å². The molecule has 0 saturated heterocycles. The second-order valence-corrected chi connectivity index (χ2v) is 5.69. The molecule has 0 bridgehead atoms. The van der Waals surface area contributed by atoms with Crippen LogP contribution in [0.2, 0.25) is 0 Å². The second kappa shape index (κ2) is 5.77. The normalized spacial score (nSPS) is 13.9. The molecule has 7 nitrogen and oxygen atoms in total. The van der Waals surface area contributed by atoms with Gasteiger partial charge in [-0.15, -0.1) is 0 Å².